The van der Waals surface area contributed by atoms with Gasteiger partial charge in [-0.3, -0.25) is 0 Å². The molecule has 6 heteroatoms. The molecule has 5 nitrogen and oxygen atoms in total. The summed E-state index contributed by atoms with van der Waals surface area (Å²) in [7, 11) is 1.49. The first-order valence-electron chi connectivity index (χ1n) is 5.20. The van der Waals surface area contributed by atoms with Crippen molar-refractivity contribution in [3.05, 3.63) is 34.6 Å². The van der Waals surface area contributed by atoms with E-state index in [9.17, 15) is 0 Å². The van der Waals surface area contributed by atoms with E-state index in [0.717, 1.165) is 10.0 Å². The van der Waals surface area contributed by atoms with Crippen LogP contribution in [0.15, 0.2) is 29.0 Å². The van der Waals surface area contributed by atoms with E-state index in [4.69, 9.17) is 15.2 Å². The number of aryl methyl sites for hydroxylation is 1. The van der Waals surface area contributed by atoms with Gasteiger partial charge in [-0.2, -0.15) is 4.98 Å². The van der Waals surface area contributed by atoms with Crippen LogP contribution in [0.1, 0.15) is 5.56 Å². The molecule has 0 spiro atoms. The summed E-state index contributed by atoms with van der Waals surface area (Å²) in [4.78, 5) is 7.85. The first-order valence-corrected chi connectivity index (χ1v) is 5.99. The maximum Gasteiger partial charge on any atom is 0.268 e. The van der Waals surface area contributed by atoms with Crippen LogP contribution in [-0.4, -0.2) is 17.1 Å². The molecule has 0 saturated heterocycles. The van der Waals surface area contributed by atoms with Crippen LogP contribution in [0, 0.1) is 6.92 Å². The van der Waals surface area contributed by atoms with Crippen LogP contribution in [0.2, 0.25) is 0 Å². The number of methoxy groups -OCH3 is 1. The van der Waals surface area contributed by atoms with E-state index in [1.807, 2.05) is 25.1 Å². The van der Waals surface area contributed by atoms with Gasteiger partial charge in [-0.25, -0.2) is 4.98 Å². The Balaban J connectivity index is 2.34. The molecule has 0 bridgehead atoms. The van der Waals surface area contributed by atoms with Crippen LogP contribution in [-0.2, 0) is 0 Å². The maximum absolute atomic E-state index is 5.68. The van der Waals surface area contributed by atoms with Gasteiger partial charge in [0.15, 0.2) is 5.82 Å². The summed E-state index contributed by atoms with van der Waals surface area (Å²) in [6.07, 6.45) is 1.33. The van der Waals surface area contributed by atoms with Crippen LogP contribution < -0.4 is 15.2 Å². The maximum atomic E-state index is 5.68. The fourth-order valence-corrected chi connectivity index (χ4v) is 1.67. The van der Waals surface area contributed by atoms with Gasteiger partial charge in [0.25, 0.3) is 5.88 Å². The van der Waals surface area contributed by atoms with Crippen LogP contribution in [0.5, 0.6) is 17.4 Å². The Hall–Kier alpha value is -1.82. The number of rotatable bonds is 3. The second-order valence-corrected chi connectivity index (χ2v) is 4.46. The number of benzene rings is 1. The van der Waals surface area contributed by atoms with E-state index < -0.39 is 0 Å². The lowest BCUT2D eigenvalue weighted by molar-refractivity contribution is 0.369. The summed E-state index contributed by atoms with van der Waals surface area (Å²) < 4.78 is 11.8. The molecule has 18 heavy (non-hydrogen) atoms. The average molecular weight is 310 g/mol. The van der Waals surface area contributed by atoms with E-state index in [1.165, 1.54) is 13.4 Å². The number of nitrogen functional groups attached to an aromatic ring is 1. The van der Waals surface area contributed by atoms with Gasteiger partial charge in [0.05, 0.1) is 7.11 Å². The van der Waals surface area contributed by atoms with Crippen molar-refractivity contribution < 1.29 is 9.47 Å². The zero-order chi connectivity index (χ0) is 13.1. The number of hydrogen-bond acceptors (Lipinski definition) is 5. The number of aromatic nitrogens is 2. The van der Waals surface area contributed by atoms with E-state index in [-0.39, 0.29) is 5.82 Å². The van der Waals surface area contributed by atoms with Crippen molar-refractivity contribution in [2.75, 3.05) is 12.8 Å². The molecule has 2 aromatic rings. The minimum absolute atomic E-state index is 0.247. The molecule has 0 aliphatic carbocycles. The van der Waals surface area contributed by atoms with Crippen LogP contribution >= 0.6 is 15.9 Å². The van der Waals surface area contributed by atoms with Crippen molar-refractivity contribution in [1.82, 2.24) is 9.97 Å². The van der Waals surface area contributed by atoms with Gasteiger partial charge in [0.2, 0.25) is 5.75 Å². The second-order valence-electron chi connectivity index (χ2n) is 3.61. The van der Waals surface area contributed by atoms with Gasteiger partial charge in [-0.05, 0) is 30.7 Å². The van der Waals surface area contributed by atoms with E-state index in [2.05, 4.69) is 25.9 Å². The lowest BCUT2D eigenvalue weighted by Crippen LogP contribution is -2.00. The summed E-state index contributed by atoms with van der Waals surface area (Å²) in [5.41, 5.74) is 6.74. The fourth-order valence-electron chi connectivity index (χ4n) is 1.43. The number of ether oxygens (including phenoxy) is 2. The van der Waals surface area contributed by atoms with Gasteiger partial charge in [-0.1, -0.05) is 15.9 Å². The Bertz CT molecular complexity index is 575. The molecule has 0 fully saturated rings. The van der Waals surface area contributed by atoms with E-state index in [0.29, 0.717) is 17.4 Å². The minimum Gasteiger partial charge on any atom is -0.489 e. The number of anilines is 1. The average Bonchev–Trinajstić information content (AvgIpc) is 2.34. The summed E-state index contributed by atoms with van der Waals surface area (Å²) >= 11 is 3.43. The van der Waals surface area contributed by atoms with E-state index >= 15 is 0 Å². The highest BCUT2D eigenvalue weighted by molar-refractivity contribution is 9.10. The SMILES string of the molecule is COc1c(N)ncnc1Oc1ccc(Br)c(C)c1. The van der Waals surface area contributed by atoms with Crippen LogP contribution in [0.3, 0.4) is 0 Å². The molecular formula is C12H12BrN3O2. The van der Waals surface area contributed by atoms with Crippen molar-refractivity contribution in [1.29, 1.82) is 0 Å². The molecule has 0 unspecified atom stereocenters. The zero-order valence-corrected chi connectivity index (χ0v) is 11.6. The molecule has 0 saturated carbocycles. The molecule has 0 atom stereocenters. The predicted octanol–water partition coefficient (Wildman–Crippen LogP) is 2.93. The highest BCUT2D eigenvalue weighted by Crippen LogP contribution is 2.33. The van der Waals surface area contributed by atoms with E-state index in [1.54, 1.807) is 0 Å². The largest absolute Gasteiger partial charge is 0.489 e. The second kappa shape index (κ2) is 5.22. The first kappa shape index (κ1) is 12.6. The summed E-state index contributed by atoms with van der Waals surface area (Å²) in [5.74, 6) is 1.54. The molecule has 1 aromatic carbocycles. The Morgan fingerprint density at radius 3 is 2.72 bits per heavy atom. The molecule has 0 radical (unpaired) electrons. The highest BCUT2D eigenvalue weighted by atomic mass is 79.9. The number of nitrogens with zero attached hydrogens (tertiary/aromatic N) is 2. The molecule has 0 aliphatic heterocycles. The summed E-state index contributed by atoms with van der Waals surface area (Å²) in [6, 6.07) is 5.62. The van der Waals surface area contributed by atoms with Crippen molar-refractivity contribution in [2.24, 2.45) is 0 Å². The monoisotopic (exact) mass is 309 g/mol. The molecular weight excluding hydrogens is 298 g/mol. The third kappa shape index (κ3) is 2.53. The number of halogens is 1. The molecule has 1 heterocycles. The molecule has 0 aliphatic rings. The first-order chi connectivity index (χ1) is 8.61. The van der Waals surface area contributed by atoms with Gasteiger partial charge in [0.1, 0.15) is 12.1 Å². The number of hydrogen-bond donors (Lipinski definition) is 1. The standard InChI is InChI=1S/C12H12BrN3O2/c1-7-5-8(3-4-9(7)13)18-12-10(17-2)11(14)15-6-16-12/h3-6H,1-2H3,(H2,14,15,16). The Morgan fingerprint density at radius 1 is 1.28 bits per heavy atom. The minimum atomic E-state index is 0.247. The zero-order valence-electron chi connectivity index (χ0n) is 9.98. The smallest absolute Gasteiger partial charge is 0.268 e. The Labute approximate surface area is 113 Å². The normalized spacial score (nSPS) is 10.2. The highest BCUT2D eigenvalue weighted by Gasteiger charge is 2.12. The van der Waals surface area contributed by atoms with Crippen molar-refractivity contribution in [3.63, 3.8) is 0 Å². The summed E-state index contributed by atoms with van der Waals surface area (Å²) in [6.45, 7) is 1.97. The van der Waals surface area contributed by atoms with Gasteiger partial charge in [0, 0.05) is 4.47 Å². The quantitative estimate of drug-likeness (QED) is 0.944. The topological polar surface area (TPSA) is 70.3 Å². The van der Waals surface area contributed by atoms with Crippen molar-refractivity contribution in [3.8, 4) is 17.4 Å². The van der Waals surface area contributed by atoms with Crippen LogP contribution in [0.4, 0.5) is 5.82 Å². The van der Waals surface area contributed by atoms with Crippen molar-refractivity contribution in [2.45, 2.75) is 6.92 Å². The van der Waals surface area contributed by atoms with Crippen LogP contribution in [0.25, 0.3) is 0 Å². The molecule has 2 N–H and O–H groups in total. The lowest BCUT2D eigenvalue weighted by Gasteiger charge is -2.10. The fraction of sp³-hybridized carbons (Fsp3) is 0.167. The van der Waals surface area contributed by atoms with Gasteiger partial charge in [-0.15, -0.1) is 0 Å². The van der Waals surface area contributed by atoms with Crippen molar-refractivity contribution >= 4 is 21.7 Å². The molecule has 0 amide bonds. The Morgan fingerprint density at radius 2 is 2.06 bits per heavy atom. The predicted molar refractivity (Wildman–Crippen MR) is 71.9 cm³/mol. The molecule has 94 valence electrons. The third-order valence-electron chi connectivity index (χ3n) is 2.35. The molecule has 1 aromatic heterocycles. The third-order valence-corrected chi connectivity index (χ3v) is 3.24. The lowest BCUT2D eigenvalue weighted by atomic mass is 10.2. The van der Waals surface area contributed by atoms with Gasteiger partial charge < -0.3 is 15.2 Å². The van der Waals surface area contributed by atoms with Gasteiger partial charge >= 0.3 is 0 Å². The Kier molecular flexibility index (Phi) is 3.66. The number of nitrogens with two attached hydrogens (primary N) is 1. The summed E-state index contributed by atoms with van der Waals surface area (Å²) in [5, 5.41) is 0. The molecule has 2 rings (SSSR count).